The first-order valence-corrected chi connectivity index (χ1v) is 14.9. The number of carbonyl (C=O) groups excluding carboxylic acids is 2. The molecule has 0 spiro atoms. The fourth-order valence-corrected chi connectivity index (χ4v) is 5.95. The monoisotopic (exact) mass is 579 g/mol. The zero-order valence-corrected chi connectivity index (χ0v) is 24.7. The quantitative estimate of drug-likeness (QED) is 0.107. The third kappa shape index (κ3) is 7.35. The van der Waals surface area contributed by atoms with Crippen molar-refractivity contribution in [3.05, 3.63) is 108 Å². The molecule has 9 heteroatoms. The van der Waals surface area contributed by atoms with Gasteiger partial charge >= 0.3 is 6.03 Å². The summed E-state index contributed by atoms with van der Waals surface area (Å²) in [6.07, 6.45) is 4.49. The van der Waals surface area contributed by atoms with Crippen molar-refractivity contribution in [3.63, 3.8) is 0 Å². The van der Waals surface area contributed by atoms with Gasteiger partial charge in [-0.25, -0.2) is 4.79 Å². The average Bonchev–Trinajstić information content (AvgIpc) is 3.57. The fraction of sp³-hybridized carbons (Fsp3) is 0.324. The molecule has 224 valence electrons. The third-order valence-corrected chi connectivity index (χ3v) is 8.25. The number of urea groups is 1. The van der Waals surface area contributed by atoms with Crippen LogP contribution in [0, 0.1) is 5.41 Å². The molecule has 0 bridgehead atoms. The molecule has 2 atom stereocenters. The Morgan fingerprint density at radius 2 is 1.72 bits per heavy atom. The van der Waals surface area contributed by atoms with Gasteiger partial charge in [-0.05, 0) is 48.4 Å². The molecule has 0 radical (unpaired) electrons. The van der Waals surface area contributed by atoms with Crippen molar-refractivity contribution in [1.29, 1.82) is 5.41 Å². The number of para-hydroxylation sites is 1. The number of rotatable bonds is 13. The Morgan fingerprint density at radius 3 is 2.44 bits per heavy atom. The number of carbonyl (C=O) groups is 2. The lowest BCUT2D eigenvalue weighted by molar-refractivity contribution is -0.134. The average molecular weight is 580 g/mol. The SMILES string of the molecule is CN(CCc1c[nH]c2ccccc12)C(=O)[C@H](CCCNC(=N)N)N1C[C@@H](Cc2ccccc2)N(Cc2ccccc2)C1=O. The van der Waals surface area contributed by atoms with Crippen LogP contribution in [0.15, 0.2) is 91.1 Å². The number of benzene rings is 3. The van der Waals surface area contributed by atoms with E-state index in [1.54, 1.807) is 9.80 Å². The zero-order valence-electron chi connectivity index (χ0n) is 24.7. The number of hydrogen-bond acceptors (Lipinski definition) is 3. The number of aromatic nitrogens is 1. The summed E-state index contributed by atoms with van der Waals surface area (Å²) in [5, 5.41) is 11.5. The number of nitrogens with one attached hydrogen (secondary N) is 3. The van der Waals surface area contributed by atoms with Crippen molar-refractivity contribution in [2.24, 2.45) is 5.73 Å². The number of fused-ring (bicyclic) bond motifs is 1. The topological polar surface area (TPSA) is 122 Å². The number of guanidine groups is 1. The summed E-state index contributed by atoms with van der Waals surface area (Å²) in [5.74, 6) is -0.177. The van der Waals surface area contributed by atoms with Crippen LogP contribution in [-0.4, -0.2) is 76.3 Å². The van der Waals surface area contributed by atoms with E-state index in [2.05, 4.69) is 28.5 Å². The summed E-state index contributed by atoms with van der Waals surface area (Å²) < 4.78 is 0. The molecule has 5 N–H and O–H groups in total. The van der Waals surface area contributed by atoms with Crippen LogP contribution in [0.5, 0.6) is 0 Å². The molecule has 1 fully saturated rings. The summed E-state index contributed by atoms with van der Waals surface area (Å²) >= 11 is 0. The van der Waals surface area contributed by atoms with E-state index in [1.807, 2.05) is 84.9 Å². The Morgan fingerprint density at radius 1 is 1.05 bits per heavy atom. The van der Waals surface area contributed by atoms with E-state index in [1.165, 1.54) is 0 Å². The molecular weight excluding hydrogens is 538 g/mol. The van der Waals surface area contributed by atoms with Gasteiger partial charge in [0.15, 0.2) is 5.96 Å². The number of likely N-dealkylation sites (N-methyl/N-ethyl adjacent to an activating group) is 1. The minimum absolute atomic E-state index is 0.0720. The second-order valence-electron chi connectivity index (χ2n) is 11.3. The zero-order chi connectivity index (χ0) is 30.2. The number of aromatic amines is 1. The first-order chi connectivity index (χ1) is 20.9. The molecule has 1 aliphatic heterocycles. The fourth-order valence-electron chi connectivity index (χ4n) is 5.95. The highest BCUT2D eigenvalue weighted by Crippen LogP contribution is 2.27. The lowest BCUT2D eigenvalue weighted by atomic mass is 10.0. The first kappa shape index (κ1) is 29.7. The molecule has 3 amide bonds. The molecule has 4 aromatic rings. The van der Waals surface area contributed by atoms with Crippen molar-refractivity contribution < 1.29 is 9.59 Å². The molecular formula is C34H41N7O2. The van der Waals surface area contributed by atoms with Crippen LogP contribution >= 0.6 is 0 Å². The van der Waals surface area contributed by atoms with Gasteiger partial charge in [0.25, 0.3) is 0 Å². The predicted molar refractivity (Wildman–Crippen MR) is 171 cm³/mol. The van der Waals surface area contributed by atoms with Crippen LogP contribution in [0.3, 0.4) is 0 Å². The molecule has 9 nitrogen and oxygen atoms in total. The lowest BCUT2D eigenvalue weighted by Gasteiger charge is -2.31. The maximum absolute atomic E-state index is 14.1. The van der Waals surface area contributed by atoms with Crippen LogP contribution in [0.4, 0.5) is 4.79 Å². The smallest absolute Gasteiger partial charge is 0.321 e. The maximum atomic E-state index is 14.1. The van der Waals surface area contributed by atoms with Crippen molar-refractivity contribution in [1.82, 2.24) is 25.0 Å². The van der Waals surface area contributed by atoms with Gasteiger partial charge in [-0.15, -0.1) is 0 Å². The molecule has 1 saturated heterocycles. The van der Waals surface area contributed by atoms with Gasteiger partial charge in [-0.3, -0.25) is 10.2 Å². The molecule has 43 heavy (non-hydrogen) atoms. The van der Waals surface area contributed by atoms with E-state index in [0.29, 0.717) is 51.9 Å². The maximum Gasteiger partial charge on any atom is 0.321 e. The highest BCUT2D eigenvalue weighted by atomic mass is 16.2. The van der Waals surface area contributed by atoms with Crippen LogP contribution < -0.4 is 11.1 Å². The van der Waals surface area contributed by atoms with Crippen molar-refractivity contribution in [2.75, 3.05) is 26.7 Å². The molecule has 5 rings (SSSR count). The summed E-state index contributed by atoms with van der Waals surface area (Å²) in [7, 11) is 1.82. The van der Waals surface area contributed by atoms with Gasteiger partial charge < -0.3 is 30.7 Å². The largest absolute Gasteiger partial charge is 0.370 e. The van der Waals surface area contributed by atoms with Crippen LogP contribution in [-0.2, 0) is 24.2 Å². The predicted octanol–water partition coefficient (Wildman–Crippen LogP) is 4.35. The van der Waals surface area contributed by atoms with Crippen molar-refractivity contribution in [3.8, 4) is 0 Å². The standard InChI is InChI=1S/C34H41N7O2/c1-39(20-18-27-22-38-30-16-9-8-15-29(27)30)32(42)31(17-10-19-37-33(35)36)41-24-28(21-25-11-4-2-5-12-25)40(34(41)43)23-26-13-6-3-7-14-26/h2-9,11-16,22,28,31,38H,10,17-21,23-24H2,1H3,(H4,35,36,37)/t28-,31+/m1/s1. The highest BCUT2D eigenvalue weighted by molar-refractivity contribution is 5.88. The van der Waals surface area contributed by atoms with Gasteiger partial charge in [0, 0.05) is 50.3 Å². The number of amides is 3. The number of H-pyrrole nitrogens is 1. The van der Waals surface area contributed by atoms with Crippen LogP contribution in [0.25, 0.3) is 10.9 Å². The van der Waals surface area contributed by atoms with E-state index in [4.69, 9.17) is 11.1 Å². The summed E-state index contributed by atoms with van der Waals surface area (Å²) in [6, 6.07) is 27.5. The molecule has 3 aromatic carbocycles. The second-order valence-corrected chi connectivity index (χ2v) is 11.3. The normalized spacial score (nSPS) is 15.6. The molecule has 1 aromatic heterocycles. The van der Waals surface area contributed by atoms with E-state index in [-0.39, 0.29) is 23.9 Å². The minimum atomic E-state index is -0.617. The minimum Gasteiger partial charge on any atom is -0.370 e. The number of nitrogens with zero attached hydrogens (tertiary/aromatic N) is 3. The Kier molecular flexibility index (Phi) is 9.61. The van der Waals surface area contributed by atoms with E-state index >= 15 is 0 Å². The summed E-state index contributed by atoms with van der Waals surface area (Å²) in [6.45, 7) is 1.94. The van der Waals surface area contributed by atoms with Crippen molar-refractivity contribution >= 4 is 28.8 Å². The van der Waals surface area contributed by atoms with Crippen LogP contribution in [0.2, 0.25) is 0 Å². The molecule has 1 aliphatic rings. The number of nitrogens with two attached hydrogens (primary N) is 1. The molecule has 0 aliphatic carbocycles. The molecule has 0 unspecified atom stereocenters. The van der Waals surface area contributed by atoms with Crippen molar-refractivity contribution in [2.45, 2.75) is 44.3 Å². The summed E-state index contributed by atoms with van der Waals surface area (Å²) in [5.41, 5.74) is 9.94. The molecule has 2 heterocycles. The van der Waals surface area contributed by atoms with Gasteiger partial charge in [-0.2, -0.15) is 0 Å². The lowest BCUT2D eigenvalue weighted by Crippen LogP contribution is -2.49. The Bertz CT molecular complexity index is 1520. The van der Waals surface area contributed by atoms with Crippen LogP contribution in [0.1, 0.15) is 29.5 Å². The molecule has 0 saturated carbocycles. The Balaban J connectivity index is 1.35. The van der Waals surface area contributed by atoms with Gasteiger partial charge in [0.2, 0.25) is 5.91 Å². The number of hydrogen-bond donors (Lipinski definition) is 4. The third-order valence-electron chi connectivity index (χ3n) is 8.25. The highest BCUT2D eigenvalue weighted by Gasteiger charge is 2.43. The van der Waals surface area contributed by atoms with Gasteiger partial charge in [0.1, 0.15) is 6.04 Å². The Hall–Kier alpha value is -4.79. The van der Waals surface area contributed by atoms with Gasteiger partial charge in [-0.1, -0.05) is 78.9 Å². The first-order valence-electron chi connectivity index (χ1n) is 14.9. The van der Waals surface area contributed by atoms with E-state index in [9.17, 15) is 9.59 Å². The second kappa shape index (κ2) is 13.9. The van der Waals surface area contributed by atoms with Gasteiger partial charge in [0.05, 0.1) is 6.04 Å². The van der Waals surface area contributed by atoms with E-state index in [0.717, 1.165) is 27.6 Å². The Labute approximate surface area is 253 Å². The van der Waals surface area contributed by atoms with E-state index < -0.39 is 6.04 Å². The summed E-state index contributed by atoms with van der Waals surface area (Å²) in [4.78, 5) is 37.0.